The molecule has 244 valence electrons. The molecule has 1 amide bonds. The van der Waals surface area contributed by atoms with Crippen molar-refractivity contribution in [3.63, 3.8) is 0 Å². The van der Waals surface area contributed by atoms with Gasteiger partial charge < -0.3 is 36.2 Å². The van der Waals surface area contributed by atoms with Gasteiger partial charge >= 0.3 is 0 Å². The van der Waals surface area contributed by atoms with Gasteiger partial charge in [0, 0.05) is 29.6 Å². The number of allylic oxidation sites excluding steroid dienone is 1. The summed E-state index contributed by atoms with van der Waals surface area (Å²) in [5.74, 6) is -6.21. The molecule has 6 rings (SSSR count). The number of phenols is 1. The number of ether oxygens (including phenoxy) is 1. The van der Waals surface area contributed by atoms with Crippen molar-refractivity contribution < 1.29 is 39.5 Å². The Bertz CT molecular complexity index is 1690. The topological polar surface area (TPSA) is 183 Å². The van der Waals surface area contributed by atoms with E-state index in [0.29, 0.717) is 29.5 Å². The Kier molecular flexibility index (Phi) is 8.20. The molecule has 2 aromatic carbocycles. The van der Waals surface area contributed by atoms with Crippen molar-refractivity contribution in [1.82, 2.24) is 10.2 Å². The van der Waals surface area contributed by atoms with E-state index in [1.165, 1.54) is 30.2 Å². The molecular weight excluding hydrogens is 590 g/mol. The molecule has 0 spiro atoms. The normalized spacial score (nSPS) is 26.6. The molecule has 1 saturated carbocycles. The molecule has 0 radical (unpaired) electrons. The molecule has 0 heterocycles. The molecule has 46 heavy (non-hydrogen) atoms. The number of aromatic hydroxyl groups is 1. The van der Waals surface area contributed by atoms with E-state index in [2.05, 4.69) is 5.32 Å². The van der Waals surface area contributed by atoms with Gasteiger partial charge in [-0.25, -0.2) is 0 Å². The first kappa shape index (κ1) is 31.8. The largest absolute Gasteiger partial charge is 0.510 e. The number of nitrogens with one attached hydrogen (secondary N) is 1. The van der Waals surface area contributed by atoms with Gasteiger partial charge in [-0.1, -0.05) is 31.4 Å². The summed E-state index contributed by atoms with van der Waals surface area (Å²) in [6, 6.07) is 8.47. The number of ketones is 2. The van der Waals surface area contributed by atoms with Crippen LogP contribution in [0, 0.1) is 11.8 Å². The molecule has 1 fully saturated rings. The summed E-state index contributed by atoms with van der Waals surface area (Å²) in [5, 5.41) is 49.1. The smallest absolute Gasteiger partial charge is 0.255 e. The molecule has 0 aliphatic heterocycles. The van der Waals surface area contributed by atoms with Crippen LogP contribution in [0.2, 0.25) is 0 Å². The van der Waals surface area contributed by atoms with Crippen LogP contribution in [0.25, 0.3) is 11.1 Å². The number of primary amides is 1. The Morgan fingerprint density at radius 3 is 2.43 bits per heavy atom. The first-order chi connectivity index (χ1) is 21.9. The number of rotatable bonds is 7. The predicted molar refractivity (Wildman–Crippen MR) is 169 cm³/mol. The van der Waals surface area contributed by atoms with Crippen molar-refractivity contribution >= 4 is 17.5 Å². The van der Waals surface area contributed by atoms with Gasteiger partial charge in [-0.3, -0.25) is 19.3 Å². The fourth-order valence-electron chi connectivity index (χ4n) is 8.15. The number of hydrogen-bond acceptors (Lipinski definition) is 10. The molecule has 4 aliphatic rings. The minimum absolute atomic E-state index is 0.0172. The maximum absolute atomic E-state index is 14.2. The Morgan fingerprint density at radius 1 is 1.07 bits per heavy atom. The van der Waals surface area contributed by atoms with Crippen LogP contribution < -0.4 is 15.8 Å². The van der Waals surface area contributed by atoms with Crippen molar-refractivity contribution in [2.75, 3.05) is 21.2 Å². The quantitative estimate of drug-likeness (QED) is 0.248. The first-order valence-corrected chi connectivity index (χ1v) is 15.8. The predicted octanol–water partition coefficient (Wildman–Crippen LogP) is 3.22. The number of fused-ring (bicyclic) bond motifs is 3. The van der Waals surface area contributed by atoms with Gasteiger partial charge in [-0.2, -0.15) is 0 Å². The van der Waals surface area contributed by atoms with Crippen molar-refractivity contribution in [1.29, 1.82) is 0 Å². The van der Waals surface area contributed by atoms with Crippen molar-refractivity contribution in [2.24, 2.45) is 17.6 Å². The lowest BCUT2D eigenvalue weighted by molar-refractivity contribution is -0.148. The summed E-state index contributed by atoms with van der Waals surface area (Å²) < 4.78 is 5.73. The van der Waals surface area contributed by atoms with Crippen LogP contribution in [0.5, 0.6) is 11.5 Å². The number of likely N-dealkylation sites (N-methyl/N-ethyl adjacent to an activating group) is 1. The van der Waals surface area contributed by atoms with Crippen LogP contribution in [0.15, 0.2) is 53.0 Å². The fourth-order valence-corrected chi connectivity index (χ4v) is 8.15. The third kappa shape index (κ3) is 4.88. The number of nitrogens with zero attached hydrogens (tertiary/aromatic N) is 1. The molecule has 4 aliphatic carbocycles. The number of Topliss-reactive ketones (excluding diaryl/α,β-unsaturated/α-hetero) is 2. The molecule has 4 atom stereocenters. The molecule has 11 heteroatoms. The fraction of sp³-hybridized carbons (Fsp3) is 0.457. The molecule has 7 N–H and O–H groups in total. The maximum Gasteiger partial charge on any atom is 0.255 e. The number of amides is 1. The minimum Gasteiger partial charge on any atom is -0.510 e. The summed E-state index contributed by atoms with van der Waals surface area (Å²) >= 11 is 0. The van der Waals surface area contributed by atoms with E-state index in [0.717, 1.165) is 24.0 Å². The van der Waals surface area contributed by atoms with Gasteiger partial charge in [0.15, 0.2) is 11.4 Å². The highest BCUT2D eigenvalue weighted by molar-refractivity contribution is 6.25. The van der Waals surface area contributed by atoms with Gasteiger partial charge in [0.1, 0.15) is 28.6 Å². The third-order valence-electron chi connectivity index (χ3n) is 10.4. The maximum atomic E-state index is 14.2. The second kappa shape index (κ2) is 11.9. The number of phenolic OH excluding ortho intramolecular Hbond substituents is 1. The lowest BCUT2D eigenvalue weighted by atomic mass is 9.58. The van der Waals surface area contributed by atoms with Crippen LogP contribution in [-0.2, 0) is 22.6 Å². The Balaban J connectivity index is 1.45. The number of aliphatic hydroxyl groups is 3. The number of methoxy groups -OCH3 is 1. The molecule has 0 bridgehead atoms. The zero-order valence-corrected chi connectivity index (χ0v) is 26.3. The van der Waals surface area contributed by atoms with E-state index < -0.39 is 58.0 Å². The second-order valence-electron chi connectivity index (χ2n) is 13.2. The van der Waals surface area contributed by atoms with Crippen molar-refractivity contribution in [3.05, 3.63) is 69.7 Å². The lowest BCUT2D eigenvalue weighted by Crippen LogP contribution is -2.63. The number of carbonyl (C=O) groups is 3. The first-order valence-electron chi connectivity index (χ1n) is 15.8. The van der Waals surface area contributed by atoms with Crippen LogP contribution >= 0.6 is 0 Å². The summed E-state index contributed by atoms with van der Waals surface area (Å²) in [5.41, 5.74) is 4.69. The molecule has 2 aromatic rings. The second-order valence-corrected chi connectivity index (χ2v) is 13.2. The van der Waals surface area contributed by atoms with E-state index in [1.807, 2.05) is 18.2 Å². The number of benzene rings is 2. The number of hydrogen-bond donors (Lipinski definition) is 6. The average Bonchev–Trinajstić information content (AvgIpc) is 3.02. The Morgan fingerprint density at radius 2 is 1.78 bits per heavy atom. The molecule has 11 nitrogen and oxygen atoms in total. The highest BCUT2D eigenvalue weighted by atomic mass is 16.5. The van der Waals surface area contributed by atoms with Gasteiger partial charge in [-0.05, 0) is 80.6 Å². The van der Waals surface area contributed by atoms with Crippen molar-refractivity contribution in [3.8, 4) is 22.6 Å². The highest BCUT2D eigenvalue weighted by Gasteiger charge is 2.63. The van der Waals surface area contributed by atoms with Gasteiger partial charge in [0.05, 0.1) is 18.7 Å². The molecule has 0 saturated heterocycles. The number of aliphatic hydroxyl groups excluding tert-OH is 2. The standard InChI is InChI=1S/C35H41N3O8/c1-38(2)29-23-15-18-14-22-20(21-13-17(9-12-25(21)46-3)16-37-19-7-5-4-6-8-19)10-11-24(39)27(22)30(40)26(18)32(42)35(23,45)33(43)28(31(29)41)34(36)44/h9-13,18-19,23,29,37,39,41-42,45H,4-8,14-16H2,1-3H3,(H2,36,44)/t18-,23+,29+,35+/m0/s1. The SMILES string of the molecule is COc1ccc(CNC2CCCCC2)cc1-c1ccc(O)c2c1C[C@H]1C[C@@H]3[C@@H](N(C)C)C(O)=C(C(N)=O)C(=O)[C@]3(O)C(O)=C1C2=O. The summed E-state index contributed by atoms with van der Waals surface area (Å²) in [4.78, 5) is 41.5. The minimum atomic E-state index is -2.68. The van der Waals surface area contributed by atoms with E-state index in [-0.39, 0.29) is 29.7 Å². The Hall–Kier alpha value is -4.19. The number of nitrogens with two attached hydrogens (primary N) is 1. The number of carbonyl (C=O) groups excluding carboxylic acids is 3. The van der Waals surface area contributed by atoms with E-state index in [1.54, 1.807) is 27.3 Å². The van der Waals surface area contributed by atoms with Crippen LogP contribution in [0.1, 0.15) is 60.0 Å². The monoisotopic (exact) mass is 631 g/mol. The molecule has 0 unspecified atom stereocenters. The summed E-state index contributed by atoms with van der Waals surface area (Å²) in [6.45, 7) is 0.661. The summed E-state index contributed by atoms with van der Waals surface area (Å²) in [6.07, 6.45) is 6.20. The van der Waals surface area contributed by atoms with E-state index in [4.69, 9.17) is 10.5 Å². The zero-order chi connectivity index (χ0) is 33.1. The highest BCUT2D eigenvalue weighted by Crippen LogP contribution is 2.53. The van der Waals surface area contributed by atoms with Gasteiger partial charge in [-0.15, -0.1) is 0 Å². The van der Waals surface area contributed by atoms with Crippen LogP contribution in [-0.4, -0.2) is 81.7 Å². The Labute approximate surface area is 267 Å². The summed E-state index contributed by atoms with van der Waals surface area (Å²) in [7, 11) is 4.77. The lowest BCUT2D eigenvalue weighted by Gasteiger charge is -2.50. The van der Waals surface area contributed by atoms with Crippen LogP contribution in [0.3, 0.4) is 0 Å². The van der Waals surface area contributed by atoms with Gasteiger partial charge in [0.25, 0.3) is 5.91 Å². The molecule has 0 aromatic heterocycles. The van der Waals surface area contributed by atoms with E-state index >= 15 is 0 Å². The zero-order valence-electron chi connectivity index (χ0n) is 26.3. The third-order valence-corrected chi connectivity index (χ3v) is 10.4. The van der Waals surface area contributed by atoms with Gasteiger partial charge in [0.2, 0.25) is 5.78 Å². The van der Waals surface area contributed by atoms with Crippen molar-refractivity contribution in [2.45, 2.75) is 69.2 Å². The molecular formula is C35H41N3O8. The average molecular weight is 632 g/mol. The van der Waals surface area contributed by atoms with E-state index in [9.17, 15) is 34.8 Å². The van der Waals surface area contributed by atoms with Crippen LogP contribution in [0.4, 0.5) is 0 Å².